The van der Waals surface area contributed by atoms with Crippen LogP contribution in [0.15, 0.2) is 18.2 Å². The number of carbonyl (C=O) groups is 3. The Kier molecular flexibility index (Phi) is 4.69. The van der Waals surface area contributed by atoms with E-state index in [4.69, 9.17) is 4.74 Å². The average molecular weight is 312 g/mol. The molecule has 0 unspecified atom stereocenters. The lowest BCUT2D eigenvalue weighted by Gasteiger charge is -2.16. The molecule has 1 aliphatic rings. The molecule has 2 atom stereocenters. The van der Waals surface area contributed by atoms with Crippen LogP contribution in [-0.4, -0.2) is 29.9 Å². The molecule has 1 aromatic rings. The van der Waals surface area contributed by atoms with Crippen LogP contribution >= 0.6 is 0 Å². The van der Waals surface area contributed by atoms with Crippen molar-refractivity contribution < 1.29 is 27.9 Å². The van der Waals surface area contributed by atoms with E-state index in [1.165, 1.54) is 6.92 Å². The van der Waals surface area contributed by atoms with E-state index in [-0.39, 0.29) is 18.7 Å². The largest absolute Gasteiger partial charge is 0.451 e. The first-order valence-corrected chi connectivity index (χ1v) is 6.63. The van der Waals surface area contributed by atoms with Gasteiger partial charge in [0.15, 0.2) is 6.10 Å². The predicted molar refractivity (Wildman–Crippen MR) is 71.7 cm³/mol. The Labute approximate surface area is 124 Å². The van der Waals surface area contributed by atoms with Crippen LogP contribution in [0.1, 0.15) is 19.8 Å². The number of rotatable bonds is 4. The lowest BCUT2D eigenvalue weighted by Crippen LogP contribution is -2.39. The molecule has 0 aromatic heterocycles. The standard InChI is InChI=1S/C14H14F2N2O4/c1-7(22-14(21)10-5-6-11(19)17-10)13(20)18-12-8(15)3-2-4-9(12)16/h2-4,7,10H,5-6H2,1H3,(H,17,19)(H,18,20)/t7-,10+/m0/s1. The van der Waals surface area contributed by atoms with Crippen LogP contribution in [0.3, 0.4) is 0 Å². The van der Waals surface area contributed by atoms with E-state index in [2.05, 4.69) is 5.32 Å². The lowest BCUT2D eigenvalue weighted by atomic mass is 10.2. The zero-order valence-electron chi connectivity index (χ0n) is 11.7. The summed E-state index contributed by atoms with van der Waals surface area (Å²) in [5.41, 5.74) is -0.607. The number of amides is 2. The van der Waals surface area contributed by atoms with E-state index in [1.807, 2.05) is 5.32 Å². The molecule has 0 aliphatic carbocycles. The van der Waals surface area contributed by atoms with Gasteiger partial charge in [0.05, 0.1) is 0 Å². The van der Waals surface area contributed by atoms with Crippen molar-refractivity contribution in [2.75, 3.05) is 5.32 Å². The Balaban J connectivity index is 1.95. The Morgan fingerprint density at radius 2 is 2.00 bits per heavy atom. The minimum Gasteiger partial charge on any atom is -0.451 e. The van der Waals surface area contributed by atoms with Crippen molar-refractivity contribution in [1.82, 2.24) is 5.32 Å². The first-order valence-electron chi connectivity index (χ1n) is 6.63. The number of hydrogen-bond acceptors (Lipinski definition) is 4. The molecule has 8 heteroatoms. The van der Waals surface area contributed by atoms with Gasteiger partial charge < -0.3 is 15.4 Å². The Bertz CT molecular complexity index is 601. The highest BCUT2D eigenvalue weighted by Crippen LogP contribution is 2.18. The smallest absolute Gasteiger partial charge is 0.329 e. The first-order chi connectivity index (χ1) is 10.4. The molecule has 1 fully saturated rings. The van der Waals surface area contributed by atoms with Gasteiger partial charge in [-0.2, -0.15) is 0 Å². The number of benzene rings is 1. The van der Waals surface area contributed by atoms with Gasteiger partial charge in [-0.3, -0.25) is 9.59 Å². The first kappa shape index (κ1) is 15.9. The average Bonchev–Trinajstić information content (AvgIpc) is 2.89. The Morgan fingerprint density at radius 1 is 1.36 bits per heavy atom. The van der Waals surface area contributed by atoms with Gasteiger partial charge in [0.2, 0.25) is 5.91 Å². The maximum Gasteiger partial charge on any atom is 0.329 e. The molecule has 118 valence electrons. The number of para-hydroxylation sites is 1. The molecular formula is C14H14F2N2O4. The molecule has 6 nitrogen and oxygen atoms in total. The van der Waals surface area contributed by atoms with Crippen molar-refractivity contribution in [2.24, 2.45) is 0 Å². The molecule has 0 saturated carbocycles. The second kappa shape index (κ2) is 6.50. The van der Waals surface area contributed by atoms with Gasteiger partial charge in [0, 0.05) is 6.42 Å². The molecule has 1 heterocycles. The monoisotopic (exact) mass is 312 g/mol. The summed E-state index contributed by atoms with van der Waals surface area (Å²) >= 11 is 0. The van der Waals surface area contributed by atoms with Gasteiger partial charge in [0.1, 0.15) is 23.4 Å². The molecule has 22 heavy (non-hydrogen) atoms. The predicted octanol–water partition coefficient (Wildman–Crippen LogP) is 1.11. The van der Waals surface area contributed by atoms with Gasteiger partial charge in [-0.15, -0.1) is 0 Å². The Morgan fingerprint density at radius 3 is 2.55 bits per heavy atom. The van der Waals surface area contributed by atoms with E-state index >= 15 is 0 Å². The highest BCUT2D eigenvalue weighted by atomic mass is 19.1. The summed E-state index contributed by atoms with van der Waals surface area (Å²) in [5.74, 6) is -3.78. The number of nitrogens with one attached hydrogen (secondary N) is 2. The van der Waals surface area contributed by atoms with Crippen LogP contribution in [0.2, 0.25) is 0 Å². The van der Waals surface area contributed by atoms with Crippen LogP contribution in [0.5, 0.6) is 0 Å². The number of esters is 1. The summed E-state index contributed by atoms with van der Waals surface area (Å²) in [6.07, 6.45) is -0.765. The fourth-order valence-electron chi connectivity index (χ4n) is 1.94. The number of halogens is 2. The zero-order chi connectivity index (χ0) is 16.3. The van der Waals surface area contributed by atoms with E-state index in [1.54, 1.807) is 0 Å². The molecule has 0 radical (unpaired) electrons. The van der Waals surface area contributed by atoms with E-state index < -0.39 is 41.3 Å². The Hall–Kier alpha value is -2.51. The van der Waals surface area contributed by atoms with Crippen molar-refractivity contribution in [2.45, 2.75) is 31.9 Å². The maximum absolute atomic E-state index is 13.4. The minimum atomic E-state index is -1.26. The third kappa shape index (κ3) is 3.57. The quantitative estimate of drug-likeness (QED) is 0.816. The van der Waals surface area contributed by atoms with Gasteiger partial charge in [-0.1, -0.05) is 6.07 Å². The van der Waals surface area contributed by atoms with Crippen LogP contribution < -0.4 is 10.6 Å². The van der Waals surface area contributed by atoms with Crippen LogP contribution in [0.25, 0.3) is 0 Å². The highest BCUT2D eigenvalue weighted by molar-refractivity contribution is 5.96. The topological polar surface area (TPSA) is 84.5 Å². The molecule has 1 aromatic carbocycles. The third-order valence-corrected chi connectivity index (χ3v) is 3.15. The van der Waals surface area contributed by atoms with E-state index in [9.17, 15) is 23.2 Å². The molecule has 0 bridgehead atoms. The van der Waals surface area contributed by atoms with Crippen LogP contribution in [0, 0.1) is 11.6 Å². The van der Waals surface area contributed by atoms with E-state index in [0.717, 1.165) is 18.2 Å². The molecular weight excluding hydrogens is 298 g/mol. The summed E-state index contributed by atoms with van der Waals surface area (Å²) in [7, 11) is 0. The second-order valence-corrected chi connectivity index (χ2v) is 4.82. The summed E-state index contributed by atoms with van der Waals surface area (Å²) in [6, 6.07) is 2.34. The molecule has 0 spiro atoms. The normalized spacial score (nSPS) is 18.5. The van der Waals surface area contributed by atoms with Gasteiger partial charge in [0.25, 0.3) is 5.91 Å². The van der Waals surface area contributed by atoms with Crippen molar-refractivity contribution >= 4 is 23.5 Å². The van der Waals surface area contributed by atoms with E-state index in [0.29, 0.717) is 0 Å². The van der Waals surface area contributed by atoms with Crippen molar-refractivity contribution in [3.05, 3.63) is 29.8 Å². The number of ether oxygens (including phenoxy) is 1. The molecule has 2 amide bonds. The number of anilines is 1. The van der Waals surface area contributed by atoms with Gasteiger partial charge in [-0.05, 0) is 25.5 Å². The van der Waals surface area contributed by atoms with Crippen molar-refractivity contribution in [3.8, 4) is 0 Å². The van der Waals surface area contributed by atoms with Crippen molar-refractivity contribution in [3.63, 3.8) is 0 Å². The third-order valence-electron chi connectivity index (χ3n) is 3.15. The van der Waals surface area contributed by atoms with Gasteiger partial charge >= 0.3 is 5.97 Å². The molecule has 2 rings (SSSR count). The zero-order valence-corrected chi connectivity index (χ0v) is 11.7. The van der Waals surface area contributed by atoms with Gasteiger partial charge in [-0.25, -0.2) is 13.6 Å². The molecule has 1 saturated heterocycles. The summed E-state index contributed by atoms with van der Waals surface area (Å²) in [5, 5.41) is 4.43. The fourth-order valence-corrected chi connectivity index (χ4v) is 1.94. The summed E-state index contributed by atoms with van der Waals surface area (Å²) < 4.78 is 31.7. The van der Waals surface area contributed by atoms with Crippen LogP contribution in [-0.2, 0) is 19.1 Å². The summed E-state index contributed by atoms with van der Waals surface area (Å²) in [6.45, 7) is 1.27. The maximum atomic E-state index is 13.4. The highest BCUT2D eigenvalue weighted by Gasteiger charge is 2.31. The summed E-state index contributed by atoms with van der Waals surface area (Å²) in [4.78, 5) is 34.6. The lowest BCUT2D eigenvalue weighted by molar-refractivity contribution is -0.155. The number of carbonyl (C=O) groups excluding carboxylic acids is 3. The SMILES string of the molecule is C[C@H](OC(=O)[C@H]1CCC(=O)N1)C(=O)Nc1c(F)cccc1F. The minimum absolute atomic E-state index is 0.209. The fraction of sp³-hybridized carbons (Fsp3) is 0.357. The molecule has 2 N–H and O–H groups in total. The second-order valence-electron chi connectivity index (χ2n) is 4.82. The van der Waals surface area contributed by atoms with Crippen LogP contribution in [0.4, 0.5) is 14.5 Å². The molecule has 1 aliphatic heterocycles. The van der Waals surface area contributed by atoms with Crippen molar-refractivity contribution in [1.29, 1.82) is 0 Å². The number of hydrogen-bond donors (Lipinski definition) is 2.